The summed E-state index contributed by atoms with van der Waals surface area (Å²) in [6, 6.07) is 4.15. The molecule has 0 aliphatic carbocycles. The fourth-order valence-corrected chi connectivity index (χ4v) is 1.86. The Morgan fingerprint density at radius 3 is 2.60 bits per heavy atom. The van der Waals surface area contributed by atoms with Crippen molar-refractivity contribution in [3.05, 3.63) is 27.7 Å². The number of benzene rings is 1. The summed E-state index contributed by atoms with van der Waals surface area (Å²) in [6.07, 6.45) is 0.787. The molecule has 0 spiro atoms. The van der Waals surface area contributed by atoms with Crippen molar-refractivity contribution in [2.45, 2.75) is 6.42 Å². The maximum absolute atomic E-state index is 6.08. The van der Waals surface area contributed by atoms with Gasteiger partial charge < -0.3 is 10.1 Å². The Bertz CT molecular complexity index is 331. The Kier molecular flexibility index (Phi) is 5.54. The lowest BCUT2D eigenvalue weighted by atomic mass is 10.1. The Hall–Kier alpha value is -0.150. The van der Waals surface area contributed by atoms with E-state index in [4.69, 9.17) is 39.5 Å². The monoisotopic (exact) mass is 267 g/mol. The minimum absolute atomic E-state index is 0.432. The molecule has 1 aromatic rings. The van der Waals surface area contributed by atoms with Crippen molar-refractivity contribution in [3.63, 3.8) is 0 Å². The molecule has 0 saturated carbocycles. The molecule has 0 fully saturated rings. The van der Waals surface area contributed by atoms with Gasteiger partial charge in [0.25, 0.3) is 0 Å². The highest BCUT2D eigenvalue weighted by molar-refractivity contribution is 6.43. The van der Waals surface area contributed by atoms with Crippen LogP contribution in [0.1, 0.15) is 5.56 Å². The number of nitrogens with one attached hydrogen (secondary N) is 1. The molecule has 0 bridgehead atoms. The summed E-state index contributed by atoms with van der Waals surface area (Å²) >= 11 is 17.6. The zero-order chi connectivity index (χ0) is 11.3. The molecule has 2 nitrogen and oxygen atoms in total. The molecular formula is C10H12Cl3NO. The molecule has 84 valence electrons. The molecule has 0 aliphatic rings. The summed E-state index contributed by atoms with van der Waals surface area (Å²) in [5.74, 6) is 0.593. The second kappa shape index (κ2) is 6.44. The number of hydrogen-bond acceptors (Lipinski definition) is 2. The zero-order valence-electron chi connectivity index (χ0n) is 8.32. The highest BCUT2D eigenvalue weighted by atomic mass is 35.5. The van der Waals surface area contributed by atoms with Gasteiger partial charge in [0.2, 0.25) is 0 Å². The molecule has 0 aromatic heterocycles. The highest BCUT2D eigenvalue weighted by Crippen LogP contribution is 2.34. The van der Waals surface area contributed by atoms with Crippen LogP contribution in [0.15, 0.2) is 12.1 Å². The van der Waals surface area contributed by atoms with Crippen LogP contribution in [0.5, 0.6) is 5.75 Å². The van der Waals surface area contributed by atoms with Gasteiger partial charge in [0.1, 0.15) is 10.8 Å². The summed E-state index contributed by atoms with van der Waals surface area (Å²) in [7, 11) is 1.56. The molecule has 0 atom stereocenters. The van der Waals surface area contributed by atoms with Crippen molar-refractivity contribution < 1.29 is 4.74 Å². The molecular weight excluding hydrogens is 256 g/mol. The second-order valence-corrected chi connectivity index (χ2v) is 3.96. The largest absolute Gasteiger partial charge is 0.495 e. The predicted molar refractivity (Wildman–Crippen MR) is 65.4 cm³/mol. The van der Waals surface area contributed by atoms with E-state index in [-0.39, 0.29) is 0 Å². The van der Waals surface area contributed by atoms with Crippen molar-refractivity contribution in [3.8, 4) is 5.75 Å². The maximum atomic E-state index is 6.08. The van der Waals surface area contributed by atoms with Crippen LogP contribution in [0.25, 0.3) is 0 Å². The minimum Gasteiger partial charge on any atom is -0.495 e. The van der Waals surface area contributed by atoms with Crippen LogP contribution in [0.4, 0.5) is 0 Å². The Morgan fingerprint density at radius 1 is 1.27 bits per heavy atom. The normalized spacial score (nSPS) is 10.4. The number of alkyl halides is 1. The molecule has 0 radical (unpaired) electrons. The smallest absolute Gasteiger partial charge is 0.138 e. The SMILES string of the molecule is COc1ccc(CCNCCl)c(Cl)c1Cl. The molecule has 0 amide bonds. The molecule has 15 heavy (non-hydrogen) atoms. The van der Waals surface area contributed by atoms with Crippen molar-refractivity contribution >= 4 is 34.8 Å². The van der Waals surface area contributed by atoms with E-state index in [0.29, 0.717) is 21.8 Å². The molecule has 5 heteroatoms. The van der Waals surface area contributed by atoms with E-state index in [9.17, 15) is 0 Å². The number of rotatable bonds is 5. The fraction of sp³-hybridized carbons (Fsp3) is 0.400. The van der Waals surface area contributed by atoms with Gasteiger partial charge in [-0.15, -0.1) is 11.6 Å². The zero-order valence-corrected chi connectivity index (χ0v) is 10.6. The lowest BCUT2D eigenvalue weighted by Crippen LogP contribution is -2.14. The number of halogens is 3. The van der Waals surface area contributed by atoms with Gasteiger partial charge in [0.15, 0.2) is 0 Å². The summed E-state index contributed by atoms with van der Waals surface area (Å²) in [5, 5.41) is 4.01. The van der Waals surface area contributed by atoms with Gasteiger partial charge in [0.05, 0.1) is 18.1 Å². The summed E-state index contributed by atoms with van der Waals surface area (Å²) in [6.45, 7) is 0.770. The van der Waals surface area contributed by atoms with Crippen molar-refractivity contribution in [2.75, 3.05) is 19.7 Å². The van der Waals surface area contributed by atoms with Crippen LogP contribution in [0.2, 0.25) is 10.0 Å². The van der Waals surface area contributed by atoms with E-state index in [1.165, 1.54) is 0 Å². The van der Waals surface area contributed by atoms with Crippen LogP contribution >= 0.6 is 34.8 Å². The number of hydrogen-bond donors (Lipinski definition) is 1. The standard InChI is InChI=1S/C10H12Cl3NO/c1-15-8-3-2-7(4-5-14-6-11)9(12)10(8)13/h2-3,14H,4-6H2,1H3. The van der Waals surface area contributed by atoms with Crippen LogP contribution in [-0.2, 0) is 6.42 Å². The van der Waals surface area contributed by atoms with Gasteiger partial charge in [-0.25, -0.2) is 0 Å². The van der Waals surface area contributed by atoms with E-state index in [1.807, 2.05) is 12.1 Å². The van der Waals surface area contributed by atoms with Gasteiger partial charge in [-0.2, -0.15) is 0 Å². The van der Waals surface area contributed by atoms with Crippen LogP contribution < -0.4 is 10.1 Å². The topological polar surface area (TPSA) is 21.3 Å². The van der Waals surface area contributed by atoms with E-state index in [2.05, 4.69) is 5.32 Å². The van der Waals surface area contributed by atoms with Crippen LogP contribution in [-0.4, -0.2) is 19.7 Å². The quantitative estimate of drug-likeness (QED) is 0.502. The first-order chi connectivity index (χ1) is 7.20. The lowest BCUT2D eigenvalue weighted by Gasteiger charge is -2.09. The molecule has 1 N–H and O–H groups in total. The van der Waals surface area contributed by atoms with E-state index in [1.54, 1.807) is 7.11 Å². The van der Waals surface area contributed by atoms with Crippen molar-refractivity contribution in [1.82, 2.24) is 5.32 Å². The van der Waals surface area contributed by atoms with Gasteiger partial charge in [-0.3, -0.25) is 0 Å². The molecule has 0 saturated heterocycles. The number of methoxy groups -OCH3 is 1. The van der Waals surface area contributed by atoms with Crippen LogP contribution in [0, 0.1) is 0 Å². The Labute approximate surface area is 104 Å². The number of ether oxygens (including phenoxy) is 1. The maximum Gasteiger partial charge on any atom is 0.138 e. The molecule has 1 rings (SSSR count). The first-order valence-corrected chi connectivity index (χ1v) is 5.77. The third-order valence-electron chi connectivity index (χ3n) is 2.01. The average molecular weight is 269 g/mol. The van der Waals surface area contributed by atoms with Crippen molar-refractivity contribution in [1.29, 1.82) is 0 Å². The second-order valence-electron chi connectivity index (χ2n) is 2.94. The van der Waals surface area contributed by atoms with Gasteiger partial charge in [-0.1, -0.05) is 29.3 Å². The van der Waals surface area contributed by atoms with Gasteiger partial charge in [-0.05, 0) is 18.1 Å². The predicted octanol–water partition coefficient (Wildman–Crippen LogP) is 3.33. The van der Waals surface area contributed by atoms with E-state index < -0.39 is 0 Å². The van der Waals surface area contributed by atoms with Crippen LogP contribution in [0.3, 0.4) is 0 Å². The third-order valence-corrected chi connectivity index (χ3v) is 3.11. The van der Waals surface area contributed by atoms with Crippen molar-refractivity contribution in [2.24, 2.45) is 0 Å². The third kappa shape index (κ3) is 3.42. The average Bonchev–Trinajstić information content (AvgIpc) is 2.25. The highest BCUT2D eigenvalue weighted by Gasteiger charge is 2.09. The molecule has 1 aromatic carbocycles. The summed E-state index contributed by atoms with van der Waals surface area (Å²) < 4.78 is 5.05. The van der Waals surface area contributed by atoms with E-state index >= 15 is 0 Å². The summed E-state index contributed by atoms with van der Waals surface area (Å²) in [4.78, 5) is 0. The Morgan fingerprint density at radius 2 is 2.00 bits per heavy atom. The first kappa shape index (κ1) is 12.9. The molecule has 0 unspecified atom stereocenters. The molecule has 0 heterocycles. The lowest BCUT2D eigenvalue weighted by molar-refractivity contribution is 0.415. The van der Waals surface area contributed by atoms with Gasteiger partial charge >= 0.3 is 0 Å². The van der Waals surface area contributed by atoms with E-state index in [0.717, 1.165) is 18.5 Å². The first-order valence-electron chi connectivity index (χ1n) is 4.48. The Balaban J connectivity index is 2.77. The fourth-order valence-electron chi connectivity index (χ4n) is 1.21. The molecule has 0 aliphatic heterocycles. The summed E-state index contributed by atoms with van der Waals surface area (Å²) in [5.41, 5.74) is 0.986. The minimum atomic E-state index is 0.432. The van der Waals surface area contributed by atoms with Gasteiger partial charge in [0, 0.05) is 6.54 Å².